The lowest BCUT2D eigenvalue weighted by atomic mass is 10.0. The van der Waals surface area contributed by atoms with Crippen molar-refractivity contribution in [2.75, 3.05) is 18.2 Å². The van der Waals surface area contributed by atoms with Crippen molar-refractivity contribution in [2.24, 2.45) is 0 Å². The predicted molar refractivity (Wildman–Crippen MR) is 162 cm³/mol. The summed E-state index contributed by atoms with van der Waals surface area (Å²) in [5.41, 5.74) is 11.1. The maximum Gasteiger partial charge on any atom is 0.337 e. The zero-order valence-corrected chi connectivity index (χ0v) is 23.2. The number of nitrogens with one attached hydrogen (secondary N) is 1. The number of benzene rings is 3. The Hall–Kier alpha value is -5.90. The van der Waals surface area contributed by atoms with Gasteiger partial charge in [0, 0.05) is 23.4 Å². The summed E-state index contributed by atoms with van der Waals surface area (Å²) in [7, 11) is 1.28. The van der Waals surface area contributed by atoms with E-state index in [4.69, 9.17) is 20.4 Å². The molecule has 0 fully saturated rings. The SMILES string of the molecule is COC(=O)c1ccc(C(=O)Nc2ccc(-n3c(-c4cccnc4N)nc4ccc(-c5ccccc5)nc43)cc2F)c(C)c1. The summed E-state index contributed by atoms with van der Waals surface area (Å²) in [6.07, 6.45) is 1.58. The molecular formula is C33H25FN6O3. The predicted octanol–water partition coefficient (Wildman–Crippen LogP) is 6.22. The summed E-state index contributed by atoms with van der Waals surface area (Å²) in [5, 5.41) is 2.63. The van der Waals surface area contributed by atoms with E-state index in [1.807, 2.05) is 42.5 Å². The van der Waals surface area contributed by atoms with E-state index >= 15 is 4.39 Å². The molecule has 0 atom stereocenters. The summed E-state index contributed by atoms with van der Waals surface area (Å²) in [6, 6.07) is 25.9. The van der Waals surface area contributed by atoms with Crippen LogP contribution in [0.15, 0.2) is 97.2 Å². The molecule has 43 heavy (non-hydrogen) atoms. The summed E-state index contributed by atoms with van der Waals surface area (Å²) in [6.45, 7) is 1.69. The molecule has 0 radical (unpaired) electrons. The highest BCUT2D eigenvalue weighted by Gasteiger charge is 2.20. The zero-order chi connectivity index (χ0) is 30.1. The summed E-state index contributed by atoms with van der Waals surface area (Å²) in [4.78, 5) is 38.7. The first-order valence-electron chi connectivity index (χ1n) is 13.3. The first-order chi connectivity index (χ1) is 20.8. The summed E-state index contributed by atoms with van der Waals surface area (Å²) in [5.74, 6) is -0.995. The normalized spacial score (nSPS) is 11.0. The molecule has 0 saturated heterocycles. The maximum atomic E-state index is 15.6. The number of methoxy groups -OCH3 is 1. The highest BCUT2D eigenvalue weighted by Crippen LogP contribution is 2.33. The van der Waals surface area contributed by atoms with Crippen molar-refractivity contribution in [3.63, 3.8) is 0 Å². The van der Waals surface area contributed by atoms with E-state index in [0.29, 0.717) is 44.9 Å². The number of nitrogens with zero attached hydrogens (tertiary/aromatic N) is 4. The Kier molecular flexibility index (Phi) is 7.09. The van der Waals surface area contributed by atoms with Crippen molar-refractivity contribution < 1.29 is 18.7 Å². The Balaban J connectivity index is 1.41. The molecule has 0 spiro atoms. The number of esters is 1. The lowest BCUT2D eigenvalue weighted by Gasteiger charge is -2.13. The lowest BCUT2D eigenvalue weighted by Crippen LogP contribution is -2.15. The largest absolute Gasteiger partial charge is 0.465 e. The van der Waals surface area contributed by atoms with E-state index in [-0.39, 0.29) is 11.5 Å². The van der Waals surface area contributed by atoms with E-state index in [2.05, 4.69) is 10.3 Å². The van der Waals surface area contributed by atoms with Crippen molar-refractivity contribution >= 4 is 34.5 Å². The van der Waals surface area contributed by atoms with Gasteiger partial charge in [0.15, 0.2) is 11.5 Å². The number of pyridine rings is 2. The Morgan fingerprint density at radius 3 is 2.47 bits per heavy atom. The van der Waals surface area contributed by atoms with Crippen LogP contribution in [0.1, 0.15) is 26.3 Å². The van der Waals surface area contributed by atoms with Crippen LogP contribution < -0.4 is 11.1 Å². The Morgan fingerprint density at radius 1 is 0.930 bits per heavy atom. The first-order valence-corrected chi connectivity index (χ1v) is 13.3. The maximum absolute atomic E-state index is 15.6. The number of fused-ring (bicyclic) bond motifs is 1. The van der Waals surface area contributed by atoms with E-state index < -0.39 is 17.7 Å². The van der Waals surface area contributed by atoms with Crippen molar-refractivity contribution in [1.29, 1.82) is 0 Å². The average molecular weight is 573 g/mol. The average Bonchev–Trinajstić information content (AvgIpc) is 3.40. The number of halogens is 1. The van der Waals surface area contributed by atoms with E-state index in [0.717, 1.165) is 11.3 Å². The topological polar surface area (TPSA) is 125 Å². The Labute approximate surface area is 245 Å². The molecule has 212 valence electrons. The van der Waals surface area contributed by atoms with Crippen molar-refractivity contribution in [3.05, 3.63) is 120 Å². The van der Waals surface area contributed by atoms with Gasteiger partial charge in [-0.15, -0.1) is 0 Å². The van der Waals surface area contributed by atoms with Crippen molar-refractivity contribution in [1.82, 2.24) is 19.5 Å². The van der Waals surface area contributed by atoms with Gasteiger partial charge < -0.3 is 15.8 Å². The van der Waals surface area contributed by atoms with Gasteiger partial charge in [-0.2, -0.15) is 0 Å². The molecule has 0 aliphatic carbocycles. The minimum absolute atomic E-state index is 0.0185. The molecular weight excluding hydrogens is 547 g/mol. The molecule has 6 aromatic rings. The third-order valence-corrected chi connectivity index (χ3v) is 7.00. The molecule has 3 N–H and O–H groups in total. The second kappa shape index (κ2) is 11.2. The van der Waals surface area contributed by atoms with Crippen LogP contribution >= 0.6 is 0 Å². The second-order valence-corrected chi connectivity index (χ2v) is 9.75. The number of hydrogen-bond acceptors (Lipinski definition) is 7. The number of rotatable bonds is 6. The summed E-state index contributed by atoms with van der Waals surface area (Å²) >= 11 is 0. The van der Waals surface area contributed by atoms with Crippen molar-refractivity contribution in [2.45, 2.75) is 6.92 Å². The minimum atomic E-state index is -0.666. The third kappa shape index (κ3) is 5.17. The minimum Gasteiger partial charge on any atom is -0.465 e. The molecule has 0 aliphatic heterocycles. The van der Waals surface area contributed by atoms with Gasteiger partial charge in [-0.05, 0) is 67.1 Å². The van der Waals surface area contributed by atoms with Gasteiger partial charge >= 0.3 is 5.97 Å². The van der Waals surface area contributed by atoms with Crippen LogP contribution in [0, 0.1) is 12.7 Å². The highest BCUT2D eigenvalue weighted by atomic mass is 19.1. The van der Waals surface area contributed by atoms with Gasteiger partial charge in [0.1, 0.15) is 17.2 Å². The molecule has 0 aliphatic rings. The number of aromatic nitrogens is 4. The van der Waals surface area contributed by atoms with Gasteiger partial charge in [-0.1, -0.05) is 30.3 Å². The fourth-order valence-corrected chi connectivity index (χ4v) is 4.86. The number of carbonyl (C=O) groups excluding carboxylic acids is 2. The van der Waals surface area contributed by atoms with Crippen LogP contribution in [0.5, 0.6) is 0 Å². The Morgan fingerprint density at radius 2 is 1.74 bits per heavy atom. The van der Waals surface area contributed by atoms with Gasteiger partial charge in [0.05, 0.1) is 35.3 Å². The Bertz CT molecular complexity index is 2020. The van der Waals surface area contributed by atoms with Gasteiger partial charge in [0.25, 0.3) is 5.91 Å². The number of amides is 1. The van der Waals surface area contributed by atoms with Crippen LogP contribution in [-0.4, -0.2) is 38.5 Å². The molecule has 0 unspecified atom stereocenters. The standard InChI is InChI=1S/C33H25FN6O3/c1-19-17-21(33(42)43-2)10-12-23(19)32(41)39-27-13-11-22(18-25(27)34)40-30(24-9-6-16-36-29(24)35)38-28-15-14-26(37-31(28)40)20-7-4-3-5-8-20/h3-18H,1-2H3,(H2,35,36)(H,39,41). The number of hydrogen-bond donors (Lipinski definition) is 2. The van der Waals surface area contributed by atoms with Crippen LogP contribution in [-0.2, 0) is 4.74 Å². The number of imidazole rings is 1. The third-order valence-electron chi connectivity index (χ3n) is 7.00. The van der Waals surface area contributed by atoms with Gasteiger partial charge in [-0.3, -0.25) is 9.36 Å². The molecule has 9 nitrogen and oxygen atoms in total. The second-order valence-electron chi connectivity index (χ2n) is 9.75. The molecule has 10 heteroatoms. The number of aryl methyl sites for hydroxylation is 1. The number of nitrogen functional groups attached to an aromatic ring is 1. The molecule has 6 rings (SSSR count). The molecule has 3 aromatic heterocycles. The molecule has 0 bridgehead atoms. The number of nitrogens with two attached hydrogens (primary N) is 1. The molecule has 0 saturated carbocycles. The fraction of sp³-hybridized carbons (Fsp3) is 0.0606. The zero-order valence-electron chi connectivity index (χ0n) is 23.2. The van der Waals surface area contributed by atoms with Gasteiger partial charge in [-0.25, -0.2) is 24.1 Å². The van der Waals surface area contributed by atoms with E-state index in [1.54, 1.807) is 42.0 Å². The van der Waals surface area contributed by atoms with Crippen LogP contribution in [0.3, 0.4) is 0 Å². The number of ether oxygens (including phenoxy) is 1. The highest BCUT2D eigenvalue weighted by molar-refractivity contribution is 6.06. The lowest BCUT2D eigenvalue weighted by molar-refractivity contribution is 0.0600. The van der Waals surface area contributed by atoms with Crippen LogP contribution in [0.25, 0.3) is 39.5 Å². The van der Waals surface area contributed by atoms with E-state index in [1.165, 1.54) is 31.4 Å². The molecule has 1 amide bonds. The molecule has 3 aromatic carbocycles. The molecule has 3 heterocycles. The first kappa shape index (κ1) is 27.3. The monoisotopic (exact) mass is 572 g/mol. The fourth-order valence-electron chi connectivity index (χ4n) is 4.86. The summed E-state index contributed by atoms with van der Waals surface area (Å²) < 4.78 is 22.1. The van der Waals surface area contributed by atoms with E-state index in [9.17, 15) is 9.59 Å². The van der Waals surface area contributed by atoms with Gasteiger partial charge in [0.2, 0.25) is 0 Å². The number of carbonyl (C=O) groups is 2. The van der Waals surface area contributed by atoms with Crippen molar-refractivity contribution in [3.8, 4) is 28.3 Å². The number of anilines is 2. The smallest absolute Gasteiger partial charge is 0.337 e. The van der Waals surface area contributed by atoms with Crippen LogP contribution in [0.2, 0.25) is 0 Å². The quantitative estimate of drug-likeness (QED) is 0.227. The van der Waals surface area contributed by atoms with Crippen LogP contribution in [0.4, 0.5) is 15.9 Å².